The number of hydrogen-bond acceptors (Lipinski definition) is 5. The Morgan fingerprint density at radius 1 is 1.67 bits per heavy atom. The maximum atomic E-state index is 11.3. The molecule has 2 heterocycles. The minimum Gasteiger partial charge on any atom is -0.462 e. The van der Waals surface area contributed by atoms with Gasteiger partial charge in [-0.05, 0) is 6.92 Å². The van der Waals surface area contributed by atoms with Gasteiger partial charge < -0.3 is 9.15 Å². The van der Waals surface area contributed by atoms with Gasteiger partial charge in [0.15, 0.2) is 12.2 Å². The van der Waals surface area contributed by atoms with Crippen LogP contribution >= 0.6 is 0 Å². The van der Waals surface area contributed by atoms with E-state index >= 15 is 0 Å². The van der Waals surface area contributed by atoms with Crippen LogP contribution in [0.5, 0.6) is 0 Å². The first-order valence-corrected chi connectivity index (χ1v) is 4.41. The predicted molar refractivity (Wildman–Crippen MR) is 49.6 cm³/mol. The van der Waals surface area contributed by atoms with Crippen LogP contribution in [0, 0.1) is 0 Å². The molecule has 0 aromatic carbocycles. The number of oxazole rings is 1. The van der Waals surface area contributed by atoms with Crippen LogP contribution in [0.2, 0.25) is 0 Å². The fourth-order valence-electron chi connectivity index (χ4n) is 1.09. The van der Waals surface area contributed by atoms with Crippen LogP contribution in [-0.2, 0) is 4.74 Å². The fraction of sp³-hybridized carbons (Fsp3) is 0.222. The van der Waals surface area contributed by atoms with Gasteiger partial charge in [0, 0.05) is 6.20 Å². The van der Waals surface area contributed by atoms with E-state index in [1.807, 2.05) is 0 Å². The predicted octanol–water partition coefficient (Wildman–Crippen LogP) is 1.04. The molecule has 0 fully saturated rings. The molecule has 0 bridgehead atoms. The van der Waals surface area contributed by atoms with Gasteiger partial charge in [-0.3, -0.25) is 0 Å². The molecule has 6 nitrogen and oxygen atoms in total. The van der Waals surface area contributed by atoms with E-state index < -0.39 is 5.97 Å². The molecule has 0 N–H and O–H groups in total. The quantitative estimate of drug-likeness (QED) is 0.703. The van der Waals surface area contributed by atoms with Gasteiger partial charge in [-0.25, -0.2) is 9.48 Å². The number of carbonyl (C=O) groups is 1. The van der Waals surface area contributed by atoms with Gasteiger partial charge in [0.05, 0.1) is 18.4 Å². The summed E-state index contributed by atoms with van der Waals surface area (Å²) in [5.41, 5.74) is 0.389. The zero-order valence-corrected chi connectivity index (χ0v) is 8.08. The van der Waals surface area contributed by atoms with E-state index in [2.05, 4.69) is 10.1 Å². The Morgan fingerprint density at radius 3 is 3.20 bits per heavy atom. The lowest BCUT2D eigenvalue weighted by molar-refractivity contribution is 0.0526. The molecule has 15 heavy (non-hydrogen) atoms. The zero-order valence-electron chi connectivity index (χ0n) is 8.08. The maximum Gasteiger partial charge on any atom is 0.341 e. The first kappa shape index (κ1) is 9.45. The lowest BCUT2D eigenvalue weighted by Gasteiger charge is -1.96. The molecule has 2 aromatic rings. The van der Waals surface area contributed by atoms with Gasteiger partial charge in [0.1, 0.15) is 6.26 Å². The summed E-state index contributed by atoms with van der Waals surface area (Å²) in [5.74, 6) is 0.123. The molecule has 0 aliphatic heterocycles. The summed E-state index contributed by atoms with van der Waals surface area (Å²) >= 11 is 0. The summed E-state index contributed by atoms with van der Waals surface area (Å²) < 4.78 is 11.1. The van der Waals surface area contributed by atoms with Gasteiger partial charge in [-0.15, -0.1) is 0 Å². The summed E-state index contributed by atoms with van der Waals surface area (Å²) in [6.45, 7) is 2.09. The molecule has 0 amide bonds. The highest BCUT2D eigenvalue weighted by Crippen LogP contribution is 2.06. The topological polar surface area (TPSA) is 70.2 Å². The third kappa shape index (κ3) is 1.88. The lowest BCUT2D eigenvalue weighted by atomic mass is 10.4. The molecule has 2 aromatic heterocycles. The van der Waals surface area contributed by atoms with Crippen LogP contribution in [0.15, 0.2) is 29.5 Å². The monoisotopic (exact) mass is 207 g/mol. The van der Waals surface area contributed by atoms with Crippen LogP contribution < -0.4 is 0 Å². The highest BCUT2D eigenvalue weighted by atomic mass is 16.5. The molecule has 0 atom stereocenters. The van der Waals surface area contributed by atoms with Crippen molar-refractivity contribution >= 4 is 5.97 Å². The van der Waals surface area contributed by atoms with Crippen molar-refractivity contribution in [3.63, 3.8) is 0 Å². The molecular formula is C9H9N3O3. The number of carbonyl (C=O) groups excluding carboxylic acids is 1. The third-order valence-electron chi connectivity index (χ3n) is 1.75. The fourth-order valence-corrected chi connectivity index (χ4v) is 1.09. The first-order valence-electron chi connectivity index (χ1n) is 4.41. The molecule has 0 aliphatic carbocycles. The molecule has 78 valence electrons. The number of ether oxygens (including phenoxy) is 1. The molecule has 0 unspecified atom stereocenters. The largest absolute Gasteiger partial charge is 0.462 e. The van der Waals surface area contributed by atoms with E-state index in [9.17, 15) is 4.79 Å². The molecule has 0 spiro atoms. The minimum absolute atomic E-state index is 0.341. The van der Waals surface area contributed by atoms with E-state index in [1.54, 1.807) is 6.92 Å². The average molecular weight is 207 g/mol. The van der Waals surface area contributed by atoms with Crippen LogP contribution in [0.3, 0.4) is 0 Å². The SMILES string of the molecule is CCOC(=O)c1cnn(-c2cocn2)c1. The van der Waals surface area contributed by atoms with Crippen LogP contribution in [0.4, 0.5) is 0 Å². The Bertz CT molecular complexity index is 447. The van der Waals surface area contributed by atoms with Gasteiger partial charge in [0.25, 0.3) is 0 Å². The van der Waals surface area contributed by atoms with Crippen molar-refractivity contribution < 1.29 is 13.9 Å². The van der Waals surface area contributed by atoms with Gasteiger partial charge in [0.2, 0.25) is 0 Å². The second-order valence-electron chi connectivity index (χ2n) is 2.74. The Morgan fingerprint density at radius 2 is 2.53 bits per heavy atom. The second kappa shape index (κ2) is 3.95. The van der Waals surface area contributed by atoms with E-state index in [0.717, 1.165) is 0 Å². The normalized spacial score (nSPS) is 10.2. The Labute approximate surface area is 85.5 Å². The summed E-state index contributed by atoms with van der Waals surface area (Å²) in [5, 5.41) is 3.96. The standard InChI is InChI=1S/C9H9N3O3/c1-2-15-9(13)7-3-11-12(4-7)8-5-14-6-10-8/h3-6H,2H2,1H3. The van der Waals surface area contributed by atoms with E-state index in [1.165, 1.54) is 29.7 Å². The molecule has 0 saturated carbocycles. The summed E-state index contributed by atoms with van der Waals surface area (Å²) in [6.07, 6.45) is 5.69. The highest BCUT2D eigenvalue weighted by Gasteiger charge is 2.10. The molecule has 6 heteroatoms. The summed E-state index contributed by atoms with van der Waals surface area (Å²) in [6, 6.07) is 0. The van der Waals surface area contributed by atoms with Crippen molar-refractivity contribution in [3.05, 3.63) is 30.6 Å². The van der Waals surface area contributed by atoms with Crippen LogP contribution in [0.25, 0.3) is 5.82 Å². The second-order valence-corrected chi connectivity index (χ2v) is 2.74. The number of rotatable bonds is 3. The van der Waals surface area contributed by atoms with E-state index in [4.69, 9.17) is 9.15 Å². The molecule has 2 rings (SSSR count). The van der Waals surface area contributed by atoms with Crippen molar-refractivity contribution in [1.82, 2.24) is 14.8 Å². The third-order valence-corrected chi connectivity index (χ3v) is 1.75. The first-order chi connectivity index (χ1) is 7.31. The molecular weight excluding hydrogens is 198 g/mol. The molecule has 0 radical (unpaired) electrons. The van der Waals surface area contributed by atoms with Gasteiger partial charge in [-0.1, -0.05) is 0 Å². The van der Waals surface area contributed by atoms with Crippen LogP contribution in [0.1, 0.15) is 17.3 Å². The van der Waals surface area contributed by atoms with Gasteiger partial charge >= 0.3 is 5.97 Å². The summed E-state index contributed by atoms with van der Waals surface area (Å²) in [7, 11) is 0. The Hall–Kier alpha value is -2.11. The lowest BCUT2D eigenvalue weighted by Crippen LogP contribution is -2.03. The van der Waals surface area contributed by atoms with Crippen molar-refractivity contribution in [2.75, 3.05) is 6.61 Å². The Kier molecular flexibility index (Phi) is 2.49. The van der Waals surface area contributed by atoms with Gasteiger partial charge in [-0.2, -0.15) is 10.1 Å². The van der Waals surface area contributed by atoms with Crippen molar-refractivity contribution in [2.45, 2.75) is 6.92 Å². The number of hydrogen-bond donors (Lipinski definition) is 0. The van der Waals surface area contributed by atoms with Crippen LogP contribution in [-0.4, -0.2) is 27.3 Å². The average Bonchev–Trinajstić information content (AvgIpc) is 2.89. The summed E-state index contributed by atoms with van der Waals surface area (Å²) in [4.78, 5) is 15.2. The maximum absolute atomic E-state index is 11.3. The number of aromatic nitrogens is 3. The number of nitrogens with zero attached hydrogens (tertiary/aromatic N) is 3. The highest BCUT2D eigenvalue weighted by molar-refractivity contribution is 5.88. The van der Waals surface area contributed by atoms with Crippen molar-refractivity contribution in [2.24, 2.45) is 0 Å². The van der Waals surface area contributed by atoms with Crippen molar-refractivity contribution in [3.8, 4) is 5.82 Å². The number of esters is 1. The van der Waals surface area contributed by atoms with E-state index in [0.29, 0.717) is 18.0 Å². The smallest absolute Gasteiger partial charge is 0.341 e. The van der Waals surface area contributed by atoms with Crippen molar-refractivity contribution in [1.29, 1.82) is 0 Å². The Balaban J connectivity index is 2.21. The van der Waals surface area contributed by atoms with E-state index in [-0.39, 0.29) is 0 Å². The molecule has 0 saturated heterocycles. The minimum atomic E-state index is -0.396. The molecule has 0 aliphatic rings. The zero-order chi connectivity index (χ0) is 10.7.